The normalized spacial score (nSPS) is 19.8. The highest BCUT2D eigenvalue weighted by molar-refractivity contribution is 7.89. The Kier molecular flexibility index (Phi) is 9.51. The molecule has 9 heteroatoms. The van der Waals surface area contributed by atoms with E-state index in [1.807, 2.05) is 49.4 Å². The Morgan fingerprint density at radius 2 is 1.73 bits per heavy atom. The van der Waals surface area contributed by atoms with E-state index in [9.17, 15) is 23.4 Å². The average molecular weight is 577 g/mol. The summed E-state index contributed by atoms with van der Waals surface area (Å²) in [4.78, 5) is 14.9. The molecule has 0 unspecified atom stereocenters. The van der Waals surface area contributed by atoms with Gasteiger partial charge in [-0.3, -0.25) is 4.79 Å². The van der Waals surface area contributed by atoms with Gasteiger partial charge in [-0.2, -0.15) is 4.31 Å². The van der Waals surface area contributed by atoms with Crippen LogP contribution in [0.15, 0.2) is 77.7 Å². The SMILES string of the molecule is C[C@@H](O)C#Cc1ccc2c(c1)O[C@@H](CN(C)C(=O)c1ccc(-c3ccccc3)cc1)[C@@H](C)CN([C@@H](C)CO)S2(=O)=O. The van der Waals surface area contributed by atoms with E-state index in [0.717, 1.165) is 11.1 Å². The molecule has 8 nitrogen and oxygen atoms in total. The minimum atomic E-state index is -4.00. The molecule has 0 radical (unpaired) electrons. The van der Waals surface area contributed by atoms with Gasteiger partial charge in [0.2, 0.25) is 10.0 Å². The molecule has 3 aromatic carbocycles. The van der Waals surface area contributed by atoms with Gasteiger partial charge in [0.1, 0.15) is 22.9 Å². The van der Waals surface area contributed by atoms with E-state index in [4.69, 9.17) is 4.74 Å². The largest absolute Gasteiger partial charge is 0.487 e. The molecule has 0 spiro atoms. The van der Waals surface area contributed by atoms with Crippen molar-refractivity contribution in [2.45, 2.75) is 43.9 Å². The lowest BCUT2D eigenvalue weighted by molar-refractivity contribution is 0.0563. The molecule has 1 aliphatic heterocycles. The van der Waals surface area contributed by atoms with Crippen LogP contribution in [0.4, 0.5) is 0 Å². The second kappa shape index (κ2) is 12.9. The quantitative estimate of drug-likeness (QED) is 0.434. The fourth-order valence-corrected chi connectivity index (χ4v) is 6.54. The number of fused-ring (bicyclic) bond motifs is 1. The number of amides is 1. The van der Waals surface area contributed by atoms with Crippen LogP contribution in [0, 0.1) is 17.8 Å². The van der Waals surface area contributed by atoms with Crippen LogP contribution in [0.5, 0.6) is 5.75 Å². The summed E-state index contributed by atoms with van der Waals surface area (Å²) >= 11 is 0. The van der Waals surface area contributed by atoms with E-state index in [1.54, 1.807) is 43.1 Å². The Morgan fingerprint density at radius 3 is 2.37 bits per heavy atom. The van der Waals surface area contributed by atoms with Crippen LogP contribution < -0.4 is 4.74 Å². The molecule has 0 aliphatic carbocycles. The zero-order chi connectivity index (χ0) is 29.7. The van der Waals surface area contributed by atoms with Gasteiger partial charge in [0, 0.05) is 36.7 Å². The van der Waals surface area contributed by atoms with Gasteiger partial charge in [-0.1, -0.05) is 61.2 Å². The third-order valence-electron chi connectivity index (χ3n) is 7.13. The highest BCUT2D eigenvalue weighted by Gasteiger charge is 2.38. The summed E-state index contributed by atoms with van der Waals surface area (Å²) in [5, 5.41) is 19.4. The number of ether oxygens (including phenoxy) is 1. The summed E-state index contributed by atoms with van der Waals surface area (Å²) in [5.41, 5.74) is 3.08. The van der Waals surface area contributed by atoms with Crippen LogP contribution in [0.25, 0.3) is 11.1 Å². The molecule has 216 valence electrons. The molecular formula is C32H36N2O6S. The molecule has 0 saturated heterocycles. The Labute approximate surface area is 242 Å². The number of aliphatic hydroxyl groups is 2. The number of carbonyl (C=O) groups is 1. The van der Waals surface area contributed by atoms with E-state index in [2.05, 4.69) is 11.8 Å². The van der Waals surface area contributed by atoms with Gasteiger partial charge in [0.25, 0.3) is 5.91 Å². The van der Waals surface area contributed by atoms with Crippen molar-refractivity contribution in [2.75, 3.05) is 26.7 Å². The molecule has 1 heterocycles. The van der Waals surface area contributed by atoms with Gasteiger partial charge in [-0.05, 0) is 55.3 Å². The van der Waals surface area contributed by atoms with Crippen molar-refractivity contribution in [1.82, 2.24) is 9.21 Å². The monoisotopic (exact) mass is 576 g/mol. The van der Waals surface area contributed by atoms with Crippen molar-refractivity contribution in [2.24, 2.45) is 5.92 Å². The van der Waals surface area contributed by atoms with Crippen LogP contribution >= 0.6 is 0 Å². The molecular weight excluding hydrogens is 540 g/mol. The molecule has 41 heavy (non-hydrogen) atoms. The Balaban J connectivity index is 1.63. The van der Waals surface area contributed by atoms with E-state index in [-0.39, 0.29) is 42.2 Å². The first-order chi connectivity index (χ1) is 19.5. The van der Waals surface area contributed by atoms with Gasteiger partial charge < -0.3 is 19.8 Å². The number of rotatable bonds is 6. The minimum absolute atomic E-state index is 0.0391. The molecule has 0 saturated carbocycles. The first kappa shape index (κ1) is 30.3. The fraction of sp³-hybridized carbons (Fsp3) is 0.344. The third-order valence-corrected chi connectivity index (χ3v) is 9.15. The van der Waals surface area contributed by atoms with E-state index < -0.39 is 28.3 Å². The summed E-state index contributed by atoms with van der Waals surface area (Å²) in [6.07, 6.45) is -1.41. The van der Waals surface area contributed by atoms with Crippen LogP contribution in [-0.2, 0) is 10.0 Å². The summed E-state index contributed by atoms with van der Waals surface area (Å²) in [7, 11) is -2.31. The number of hydrogen-bond acceptors (Lipinski definition) is 6. The van der Waals surface area contributed by atoms with Crippen LogP contribution in [0.3, 0.4) is 0 Å². The molecule has 0 fully saturated rings. The number of carbonyl (C=O) groups excluding carboxylic acids is 1. The van der Waals surface area contributed by atoms with Crippen molar-refractivity contribution >= 4 is 15.9 Å². The number of hydrogen-bond donors (Lipinski definition) is 2. The lowest BCUT2D eigenvalue weighted by atomic mass is 10.0. The molecule has 1 aliphatic rings. The Morgan fingerprint density at radius 1 is 1.07 bits per heavy atom. The topological polar surface area (TPSA) is 107 Å². The van der Waals surface area contributed by atoms with Gasteiger partial charge in [-0.15, -0.1) is 0 Å². The minimum Gasteiger partial charge on any atom is -0.487 e. The van der Waals surface area contributed by atoms with Crippen molar-refractivity contribution in [3.8, 4) is 28.7 Å². The second-order valence-electron chi connectivity index (χ2n) is 10.5. The summed E-state index contributed by atoms with van der Waals surface area (Å²) in [5.74, 6) is 5.09. The highest BCUT2D eigenvalue weighted by Crippen LogP contribution is 2.34. The van der Waals surface area contributed by atoms with E-state index >= 15 is 0 Å². The second-order valence-corrected chi connectivity index (χ2v) is 12.3. The Bertz CT molecular complexity index is 1530. The summed E-state index contributed by atoms with van der Waals surface area (Å²) < 4.78 is 34.9. The smallest absolute Gasteiger partial charge is 0.253 e. The van der Waals surface area contributed by atoms with Gasteiger partial charge >= 0.3 is 0 Å². The maximum Gasteiger partial charge on any atom is 0.253 e. The van der Waals surface area contributed by atoms with Crippen molar-refractivity contribution in [3.63, 3.8) is 0 Å². The van der Waals surface area contributed by atoms with Crippen LogP contribution in [-0.4, -0.2) is 78.7 Å². The first-order valence-electron chi connectivity index (χ1n) is 13.5. The number of sulfonamides is 1. The molecule has 1 amide bonds. The van der Waals surface area contributed by atoms with Gasteiger partial charge in [0.15, 0.2) is 0 Å². The number of likely N-dealkylation sites (N-methyl/N-ethyl adjacent to an activating group) is 1. The molecule has 2 N–H and O–H groups in total. The van der Waals surface area contributed by atoms with E-state index in [0.29, 0.717) is 11.1 Å². The van der Waals surface area contributed by atoms with Crippen molar-refractivity contribution in [3.05, 3.63) is 83.9 Å². The standard InChI is InChI=1S/C32H36N2O6S/c1-22-19-34(23(2)21-35)41(38,39)31-17-12-25(11-10-24(3)36)18-29(31)40-30(22)20-33(4)32(37)28-15-13-27(14-16-28)26-8-6-5-7-9-26/h5-9,12-18,22-24,30,35-36H,19-21H2,1-4H3/t22-,23-,24+,30-/m0/s1. The zero-order valence-corrected chi connectivity index (χ0v) is 24.5. The fourth-order valence-electron chi connectivity index (χ4n) is 4.72. The summed E-state index contributed by atoms with van der Waals surface area (Å²) in [6, 6.07) is 21.2. The number of benzene rings is 3. The summed E-state index contributed by atoms with van der Waals surface area (Å²) in [6.45, 7) is 5.01. The zero-order valence-electron chi connectivity index (χ0n) is 23.7. The lowest BCUT2D eigenvalue weighted by Gasteiger charge is -2.37. The van der Waals surface area contributed by atoms with Crippen LogP contribution in [0.1, 0.15) is 36.7 Å². The van der Waals surface area contributed by atoms with Gasteiger partial charge in [-0.25, -0.2) is 8.42 Å². The predicted molar refractivity (Wildman–Crippen MR) is 158 cm³/mol. The predicted octanol–water partition coefficient (Wildman–Crippen LogP) is 3.63. The first-order valence-corrected chi connectivity index (χ1v) is 15.0. The Hall–Kier alpha value is -3.68. The van der Waals surface area contributed by atoms with Crippen molar-refractivity contribution < 1.29 is 28.2 Å². The molecule has 0 bridgehead atoms. The van der Waals surface area contributed by atoms with E-state index in [1.165, 1.54) is 17.3 Å². The molecule has 4 atom stereocenters. The van der Waals surface area contributed by atoms with Crippen LogP contribution in [0.2, 0.25) is 0 Å². The molecule has 0 aromatic heterocycles. The lowest BCUT2D eigenvalue weighted by Crippen LogP contribution is -2.50. The third kappa shape index (κ3) is 6.97. The number of aliphatic hydroxyl groups excluding tert-OH is 2. The van der Waals surface area contributed by atoms with Crippen molar-refractivity contribution in [1.29, 1.82) is 0 Å². The highest BCUT2D eigenvalue weighted by atomic mass is 32.2. The molecule has 3 aromatic rings. The average Bonchev–Trinajstić information content (AvgIpc) is 2.97. The maximum atomic E-state index is 13.6. The van der Waals surface area contributed by atoms with Gasteiger partial charge in [0.05, 0.1) is 13.2 Å². The number of nitrogens with zero attached hydrogens (tertiary/aromatic N) is 2. The maximum absolute atomic E-state index is 13.6. The molecule has 4 rings (SSSR count).